The normalized spacial score (nSPS) is 11.1. The minimum absolute atomic E-state index is 0.0633. The predicted molar refractivity (Wildman–Crippen MR) is 83.1 cm³/mol. The Hall–Kier alpha value is -2.68. The van der Waals surface area contributed by atoms with Crippen LogP contribution in [0, 0.1) is 0 Å². The number of aromatic nitrogens is 1. The Morgan fingerprint density at radius 2 is 1.80 bits per heavy atom. The summed E-state index contributed by atoms with van der Waals surface area (Å²) in [6.07, 6.45) is 9.62. The zero-order valence-corrected chi connectivity index (χ0v) is 11.3. The molecule has 1 N–H and O–H groups in total. The van der Waals surface area contributed by atoms with E-state index in [0.717, 1.165) is 16.9 Å². The van der Waals surface area contributed by atoms with Gasteiger partial charge in [0.1, 0.15) is 0 Å². The summed E-state index contributed by atoms with van der Waals surface area (Å²) in [7, 11) is 0. The number of carbonyl (C=O) groups is 1. The van der Waals surface area contributed by atoms with Crippen molar-refractivity contribution in [3.8, 4) is 0 Å². The van der Waals surface area contributed by atoms with Crippen molar-refractivity contribution in [2.24, 2.45) is 0 Å². The summed E-state index contributed by atoms with van der Waals surface area (Å²) in [4.78, 5) is 15.1. The molecule has 0 aliphatic rings. The molecule has 1 aromatic heterocycles. The van der Waals surface area contributed by atoms with Gasteiger partial charge in [0.15, 0.2) is 0 Å². The van der Waals surface area contributed by atoms with Gasteiger partial charge in [-0.05, 0) is 35.9 Å². The molecule has 1 amide bonds. The zero-order chi connectivity index (χ0) is 14.2. The minimum Gasteiger partial charge on any atom is -0.326 e. The Morgan fingerprint density at radius 1 is 1.05 bits per heavy atom. The summed E-state index contributed by atoms with van der Waals surface area (Å²) in [5.74, 6) is -0.0633. The zero-order valence-electron chi connectivity index (χ0n) is 11.3. The Bertz CT molecular complexity index is 613. The quantitative estimate of drug-likeness (QED) is 0.854. The van der Waals surface area contributed by atoms with Gasteiger partial charge in [-0.25, -0.2) is 0 Å². The Kier molecular flexibility index (Phi) is 4.84. The monoisotopic (exact) mass is 264 g/mol. The molecule has 3 nitrogen and oxygen atoms in total. The van der Waals surface area contributed by atoms with Crippen LogP contribution in [0.15, 0.2) is 60.8 Å². The number of hydrogen-bond donors (Lipinski definition) is 1. The van der Waals surface area contributed by atoms with E-state index in [4.69, 9.17) is 0 Å². The minimum atomic E-state index is -0.0633. The first-order valence-electron chi connectivity index (χ1n) is 6.37. The number of amides is 1. The summed E-state index contributed by atoms with van der Waals surface area (Å²) in [5, 5.41) is 2.74. The van der Waals surface area contributed by atoms with E-state index in [0.29, 0.717) is 0 Å². The Labute approximate surface area is 118 Å². The van der Waals surface area contributed by atoms with Crippen LogP contribution in [0.25, 0.3) is 12.2 Å². The lowest BCUT2D eigenvalue weighted by Crippen LogP contribution is -2.05. The fourth-order valence-corrected chi connectivity index (χ4v) is 1.68. The highest BCUT2D eigenvalue weighted by molar-refractivity contribution is 5.88. The lowest BCUT2D eigenvalue weighted by atomic mass is 10.2. The van der Waals surface area contributed by atoms with Crippen LogP contribution < -0.4 is 5.32 Å². The molecule has 100 valence electrons. The molecule has 0 spiro atoms. The predicted octanol–water partition coefficient (Wildman–Crippen LogP) is 3.77. The summed E-state index contributed by atoms with van der Waals surface area (Å²) in [5.41, 5.74) is 2.81. The number of allylic oxidation sites excluding steroid dienone is 2. The third kappa shape index (κ3) is 4.53. The average Bonchev–Trinajstić information content (AvgIpc) is 2.46. The van der Waals surface area contributed by atoms with E-state index in [-0.39, 0.29) is 5.91 Å². The SMILES string of the molecule is CC(=O)Nc1ccc(C=CC=Cc2ccccn2)cc1. The average molecular weight is 264 g/mol. The number of anilines is 1. The molecule has 0 bridgehead atoms. The van der Waals surface area contributed by atoms with E-state index < -0.39 is 0 Å². The standard InChI is InChI=1S/C17H16N2O/c1-14(20)19-17-11-9-15(10-12-17)6-2-3-7-16-8-4-5-13-18-16/h2-13H,1H3,(H,19,20). The van der Waals surface area contributed by atoms with Gasteiger partial charge in [-0.3, -0.25) is 9.78 Å². The number of benzene rings is 1. The molecule has 0 unspecified atom stereocenters. The molecule has 3 heteroatoms. The first-order valence-corrected chi connectivity index (χ1v) is 6.37. The maximum atomic E-state index is 10.9. The van der Waals surface area contributed by atoms with E-state index in [2.05, 4.69) is 10.3 Å². The topological polar surface area (TPSA) is 42.0 Å². The molecule has 0 aliphatic heterocycles. The van der Waals surface area contributed by atoms with Gasteiger partial charge in [0.05, 0.1) is 5.69 Å². The van der Waals surface area contributed by atoms with Gasteiger partial charge in [-0.1, -0.05) is 36.4 Å². The van der Waals surface area contributed by atoms with Gasteiger partial charge < -0.3 is 5.32 Å². The lowest BCUT2D eigenvalue weighted by Gasteiger charge is -2.01. The fraction of sp³-hybridized carbons (Fsp3) is 0.0588. The van der Waals surface area contributed by atoms with Crippen molar-refractivity contribution < 1.29 is 4.79 Å². The highest BCUT2D eigenvalue weighted by Crippen LogP contribution is 2.10. The number of nitrogens with one attached hydrogen (secondary N) is 1. The molecule has 1 heterocycles. The van der Waals surface area contributed by atoms with Crippen molar-refractivity contribution >= 4 is 23.7 Å². The van der Waals surface area contributed by atoms with Crippen LogP contribution >= 0.6 is 0 Å². The number of rotatable bonds is 4. The maximum Gasteiger partial charge on any atom is 0.221 e. The van der Waals surface area contributed by atoms with Crippen molar-refractivity contribution in [3.05, 3.63) is 72.1 Å². The molecular formula is C17H16N2O. The van der Waals surface area contributed by atoms with Gasteiger partial charge >= 0.3 is 0 Å². The van der Waals surface area contributed by atoms with Gasteiger partial charge in [0.2, 0.25) is 5.91 Å². The molecule has 0 aliphatic carbocycles. The molecule has 1 aromatic carbocycles. The summed E-state index contributed by atoms with van der Waals surface area (Å²) >= 11 is 0. The van der Waals surface area contributed by atoms with E-state index in [1.54, 1.807) is 6.20 Å². The molecule has 0 radical (unpaired) electrons. The van der Waals surface area contributed by atoms with Crippen LogP contribution in [0.1, 0.15) is 18.2 Å². The van der Waals surface area contributed by atoms with E-state index in [1.807, 2.05) is 66.8 Å². The smallest absolute Gasteiger partial charge is 0.221 e. The number of nitrogens with zero attached hydrogens (tertiary/aromatic N) is 1. The summed E-state index contributed by atoms with van der Waals surface area (Å²) in [6, 6.07) is 13.5. The molecule has 0 atom stereocenters. The van der Waals surface area contributed by atoms with E-state index >= 15 is 0 Å². The van der Waals surface area contributed by atoms with Crippen LogP contribution in [0.5, 0.6) is 0 Å². The summed E-state index contributed by atoms with van der Waals surface area (Å²) < 4.78 is 0. The van der Waals surface area contributed by atoms with Crippen molar-refractivity contribution in [2.45, 2.75) is 6.92 Å². The van der Waals surface area contributed by atoms with Gasteiger partial charge in [-0.2, -0.15) is 0 Å². The molecule has 20 heavy (non-hydrogen) atoms. The van der Waals surface area contributed by atoms with Crippen LogP contribution in [-0.2, 0) is 4.79 Å². The largest absolute Gasteiger partial charge is 0.326 e. The highest BCUT2D eigenvalue weighted by Gasteiger charge is 1.93. The molecule has 0 fully saturated rings. The fourth-order valence-electron chi connectivity index (χ4n) is 1.68. The highest BCUT2D eigenvalue weighted by atomic mass is 16.1. The molecular weight excluding hydrogens is 248 g/mol. The number of hydrogen-bond acceptors (Lipinski definition) is 2. The van der Waals surface area contributed by atoms with Crippen LogP contribution in [-0.4, -0.2) is 10.9 Å². The van der Waals surface area contributed by atoms with Crippen LogP contribution in [0.3, 0.4) is 0 Å². The van der Waals surface area contributed by atoms with Crippen molar-refractivity contribution in [1.82, 2.24) is 4.98 Å². The Balaban J connectivity index is 1.94. The van der Waals surface area contributed by atoms with Crippen LogP contribution in [0.2, 0.25) is 0 Å². The first-order chi connectivity index (χ1) is 9.74. The Morgan fingerprint density at radius 3 is 2.45 bits per heavy atom. The second-order valence-electron chi connectivity index (χ2n) is 4.28. The molecule has 0 saturated carbocycles. The second kappa shape index (κ2) is 7.04. The van der Waals surface area contributed by atoms with Crippen molar-refractivity contribution in [1.29, 1.82) is 0 Å². The third-order valence-electron chi connectivity index (χ3n) is 2.59. The van der Waals surface area contributed by atoms with Gasteiger partial charge in [-0.15, -0.1) is 0 Å². The summed E-state index contributed by atoms with van der Waals surface area (Å²) in [6.45, 7) is 1.50. The first kappa shape index (κ1) is 13.7. The van der Waals surface area contributed by atoms with Crippen molar-refractivity contribution in [2.75, 3.05) is 5.32 Å². The number of carbonyl (C=O) groups excluding carboxylic acids is 1. The second-order valence-corrected chi connectivity index (χ2v) is 4.28. The molecule has 2 aromatic rings. The van der Waals surface area contributed by atoms with Crippen LogP contribution in [0.4, 0.5) is 5.69 Å². The number of pyridine rings is 1. The lowest BCUT2D eigenvalue weighted by molar-refractivity contribution is -0.114. The third-order valence-corrected chi connectivity index (χ3v) is 2.59. The van der Waals surface area contributed by atoms with Gasteiger partial charge in [0, 0.05) is 18.8 Å². The maximum absolute atomic E-state index is 10.9. The van der Waals surface area contributed by atoms with Gasteiger partial charge in [0.25, 0.3) is 0 Å². The van der Waals surface area contributed by atoms with E-state index in [1.165, 1.54) is 6.92 Å². The molecule has 0 saturated heterocycles. The van der Waals surface area contributed by atoms with Crippen molar-refractivity contribution in [3.63, 3.8) is 0 Å². The van der Waals surface area contributed by atoms with E-state index in [9.17, 15) is 4.79 Å². The molecule has 2 rings (SSSR count).